The molecule has 0 aromatic rings. The fraction of sp³-hybridized carbons (Fsp3) is 0.882. The lowest BCUT2D eigenvalue weighted by Crippen LogP contribution is -2.29. The van der Waals surface area contributed by atoms with E-state index in [9.17, 15) is 19.0 Å². The molecule has 0 rings (SSSR count). The van der Waals surface area contributed by atoms with Gasteiger partial charge in [-0.25, -0.2) is 4.57 Å². The monoisotopic (exact) mass is 884 g/mol. The van der Waals surface area contributed by atoms with Gasteiger partial charge in [0.1, 0.15) is 6.61 Å². The first-order valence-electron chi connectivity index (χ1n) is 25.8. The number of hydrogen-bond donors (Lipinski definition) is 2. The molecule has 0 aromatic heterocycles. The number of ether oxygens (including phenoxy) is 2. The molecule has 0 fully saturated rings. The SMILES string of the molecule is CCCCCCCCCCCCCCCC/C=C/CC/C=C/CCCC(=O)O[C@H](COC(=O)CCCCCCCCCCCCCCCCCCC)COP(=O)(O)OCCN. The molecule has 0 aliphatic carbocycles. The molecule has 0 aliphatic heterocycles. The second-order valence-electron chi connectivity index (χ2n) is 17.4. The first kappa shape index (κ1) is 59.5. The van der Waals surface area contributed by atoms with Crippen LogP contribution in [-0.2, 0) is 32.7 Å². The number of unbranched alkanes of at least 4 members (excludes halogenated alkanes) is 32. The predicted molar refractivity (Wildman–Crippen MR) is 257 cm³/mol. The Hall–Kier alpha value is -1.51. The van der Waals surface area contributed by atoms with Crippen LogP contribution in [0.3, 0.4) is 0 Å². The Morgan fingerprint density at radius 2 is 0.836 bits per heavy atom. The molecule has 360 valence electrons. The van der Waals surface area contributed by atoms with Crippen LogP contribution in [0, 0.1) is 0 Å². The van der Waals surface area contributed by atoms with Gasteiger partial charge in [-0.3, -0.25) is 18.6 Å². The van der Waals surface area contributed by atoms with Gasteiger partial charge in [-0.05, 0) is 44.9 Å². The lowest BCUT2D eigenvalue weighted by molar-refractivity contribution is -0.161. The molecule has 9 nitrogen and oxygen atoms in total. The van der Waals surface area contributed by atoms with E-state index in [1.807, 2.05) is 0 Å². The van der Waals surface area contributed by atoms with E-state index < -0.39 is 26.5 Å². The number of phosphoric ester groups is 1. The van der Waals surface area contributed by atoms with Crippen LogP contribution >= 0.6 is 7.82 Å². The van der Waals surface area contributed by atoms with Gasteiger partial charge in [0.15, 0.2) is 6.10 Å². The number of nitrogens with two attached hydrogens (primary N) is 1. The zero-order valence-electron chi connectivity index (χ0n) is 39.9. The van der Waals surface area contributed by atoms with Crippen molar-refractivity contribution in [3.05, 3.63) is 24.3 Å². The van der Waals surface area contributed by atoms with Gasteiger partial charge < -0.3 is 20.1 Å². The van der Waals surface area contributed by atoms with Crippen molar-refractivity contribution in [2.45, 2.75) is 264 Å². The maximum atomic E-state index is 12.6. The van der Waals surface area contributed by atoms with Crippen molar-refractivity contribution in [1.82, 2.24) is 0 Å². The average Bonchev–Trinajstić information content (AvgIpc) is 3.25. The third kappa shape index (κ3) is 47.8. The summed E-state index contributed by atoms with van der Waals surface area (Å²) >= 11 is 0. The minimum absolute atomic E-state index is 0.0497. The normalized spacial score (nSPS) is 13.3. The van der Waals surface area contributed by atoms with Crippen molar-refractivity contribution in [1.29, 1.82) is 0 Å². The van der Waals surface area contributed by atoms with Gasteiger partial charge in [0, 0.05) is 19.4 Å². The van der Waals surface area contributed by atoms with E-state index in [-0.39, 0.29) is 38.6 Å². The van der Waals surface area contributed by atoms with Gasteiger partial charge in [-0.2, -0.15) is 0 Å². The first-order valence-corrected chi connectivity index (χ1v) is 27.3. The van der Waals surface area contributed by atoms with E-state index in [1.54, 1.807) is 0 Å². The summed E-state index contributed by atoms with van der Waals surface area (Å²) < 4.78 is 32.9. The van der Waals surface area contributed by atoms with E-state index >= 15 is 0 Å². The molecule has 0 aromatic carbocycles. The minimum Gasteiger partial charge on any atom is -0.462 e. The Labute approximate surface area is 376 Å². The minimum atomic E-state index is -4.39. The number of carbonyl (C=O) groups excluding carboxylic acids is 2. The molecule has 0 saturated heterocycles. The Bertz CT molecular complexity index is 1050. The lowest BCUT2D eigenvalue weighted by Gasteiger charge is -2.19. The maximum absolute atomic E-state index is 12.6. The molecule has 0 heterocycles. The van der Waals surface area contributed by atoms with Crippen LogP contribution in [0.25, 0.3) is 0 Å². The molecule has 0 aliphatic rings. The Morgan fingerprint density at radius 3 is 1.26 bits per heavy atom. The zero-order valence-corrected chi connectivity index (χ0v) is 40.8. The smallest absolute Gasteiger partial charge is 0.462 e. The number of carbonyl (C=O) groups is 2. The van der Waals surface area contributed by atoms with Crippen molar-refractivity contribution in [3.8, 4) is 0 Å². The Kier molecular flexibility index (Phi) is 46.8. The molecule has 0 spiro atoms. The zero-order chi connectivity index (χ0) is 44.6. The quantitative estimate of drug-likeness (QED) is 0.0265. The van der Waals surface area contributed by atoms with Gasteiger partial charge in [-0.15, -0.1) is 0 Å². The van der Waals surface area contributed by atoms with Crippen LogP contribution in [-0.4, -0.2) is 49.3 Å². The second kappa shape index (κ2) is 48.0. The van der Waals surface area contributed by atoms with Crippen LogP contribution in [0.2, 0.25) is 0 Å². The summed E-state index contributed by atoms with van der Waals surface area (Å²) in [6.45, 7) is 3.74. The van der Waals surface area contributed by atoms with Crippen molar-refractivity contribution >= 4 is 19.8 Å². The predicted octanol–water partition coefficient (Wildman–Crippen LogP) is 15.5. The van der Waals surface area contributed by atoms with Gasteiger partial charge in [0.2, 0.25) is 0 Å². The highest BCUT2D eigenvalue weighted by Crippen LogP contribution is 2.43. The van der Waals surface area contributed by atoms with Crippen LogP contribution in [0.1, 0.15) is 258 Å². The largest absolute Gasteiger partial charge is 0.472 e. The number of esters is 2. The number of hydrogen-bond acceptors (Lipinski definition) is 8. The Morgan fingerprint density at radius 1 is 0.475 bits per heavy atom. The molecule has 0 radical (unpaired) electrons. The molecule has 1 unspecified atom stereocenters. The fourth-order valence-corrected chi connectivity index (χ4v) is 8.25. The topological polar surface area (TPSA) is 134 Å². The third-order valence-electron chi connectivity index (χ3n) is 11.3. The van der Waals surface area contributed by atoms with Gasteiger partial charge in [0.25, 0.3) is 0 Å². The van der Waals surface area contributed by atoms with E-state index in [0.29, 0.717) is 6.42 Å². The summed E-state index contributed by atoms with van der Waals surface area (Å²) in [5.41, 5.74) is 5.36. The maximum Gasteiger partial charge on any atom is 0.472 e. The van der Waals surface area contributed by atoms with E-state index in [4.69, 9.17) is 24.3 Å². The lowest BCUT2D eigenvalue weighted by atomic mass is 10.0. The molecule has 3 N–H and O–H groups in total. The van der Waals surface area contributed by atoms with Crippen molar-refractivity contribution in [3.63, 3.8) is 0 Å². The standard InChI is InChI=1S/C51H98NO8P/c1-3-5-7-9-11-13-15-17-19-21-22-23-24-25-26-28-30-32-34-36-38-40-42-44-51(54)60-49(48-59-61(55,56)58-46-45-52)47-57-50(53)43-41-39-37-35-33-31-29-27-20-18-16-14-12-10-8-6-4-2/h28,30,36,38,49H,3-27,29,31-35,37,39-48,52H2,1-2H3,(H,55,56)/b30-28+,38-36+/t49-/m1/s1. The number of allylic oxidation sites excluding steroid dienone is 4. The van der Waals surface area contributed by atoms with Crippen LogP contribution in [0.4, 0.5) is 0 Å². The van der Waals surface area contributed by atoms with Crippen LogP contribution in [0.5, 0.6) is 0 Å². The average molecular weight is 884 g/mol. The highest BCUT2D eigenvalue weighted by Gasteiger charge is 2.26. The summed E-state index contributed by atoms with van der Waals surface area (Å²) in [5.74, 6) is -0.864. The highest BCUT2D eigenvalue weighted by molar-refractivity contribution is 7.47. The van der Waals surface area contributed by atoms with Gasteiger partial charge in [-0.1, -0.05) is 224 Å². The summed E-state index contributed by atoms with van der Waals surface area (Å²) in [7, 11) is -4.39. The molecular weight excluding hydrogens is 786 g/mol. The second-order valence-corrected chi connectivity index (χ2v) is 18.8. The van der Waals surface area contributed by atoms with Crippen molar-refractivity contribution in [2.75, 3.05) is 26.4 Å². The number of phosphoric acid groups is 1. The van der Waals surface area contributed by atoms with Crippen LogP contribution < -0.4 is 5.73 Å². The highest BCUT2D eigenvalue weighted by atomic mass is 31.2. The molecule has 0 amide bonds. The molecule has 10 heteroatoms. The van der Waals surface area contributed by atoms with Crippen molar-refractivity contribution in [2.24, 2.45) is 5.73 Å². The van der Waals surface area contributed by atoms with E-state index in [2.05, 4.69) is 38.2 Å². The van der Waals surface area contributed by atoms with E-state index in [0.717, 1.165) is 44.9 Å². The molecule has 2 atom stereocenters. The van der Waals surface area contributed by atoms with E-state index in [1.165, 1.54) is 180 Å². The van der Waals surface area contributed by atoms with Crippen molar-refractivity contribution < 1.29 is 37.6 Å². The summed E-state index contributed by atoms with van der Waals surface area (Å²) in [4.78, 5) is 35.0. The molecule has 0 bridgehead atoms. The van der Waals surface area contributed by atoms with Crippen LogP contribution in [0.15, 0.2) is 24.3 Å². The van der Waals surface area contributed by atoms with Gasteiger partial charge in [0.05, 0.1) is 13.2 Å². The Balaban J connectivity index is 4.07. The molecular formula is C51H98NO8P. The number of rotatable bonds is 49. The molecule has 0 saturated carbocycles. The summed E-state index contributed by atoms with van der Waals surface area (Å²) in [6.07, 6.45) is 53.7. The summed E-state index contributed by atoms with van der Waals surface area (Å²) in [6, 6.07) is 0. The third-order valence-corrected chi connectivity index (χ3v) is 12.3. The van der Waals surface area contributed by atoms with Gasteiger partial charge >= 0.3 is 19.8 Å². The fourth-order valence-electron chi connectivity index (χ4n) is 7.48. The summed E-state index contributed by atoms with van der Waals surface area (Å²) in [5, 5.41) is 0. The first-order chi connectivity index (χ1) is 29.8. The molecule has 61 heavy (non-hydrogen) atoms.